The van der Waals surface area contributed by atoms with Crippen LogP contribution in [0.4, 0.5) is 11.4 Å². The highest BCUT2D eigenvalue weighted by atomic mass is 16.6. The van der Waals surface area contributed by atoms with Gasteiger partial charge < -0.3 is 15.0 Å². The molecular formula is C22H28N4O4. The number of ether oxygens (including phenoxy) is 1. The quantitative estimate of drug-likeness (QED) is 0.503. The summed E-state index contributed by atoms with van der Waals surface area (Å²) in [6.07, 6.45) is 1.39. The molecule has 0 radical (unpaired) electrons. The molecule has 0 aliphatic carbocycles. The first-order chi connectivity index (χ1) is 14.5. The summed E-state index contributed by atoms with van der Waals surface area (Å²) >= 11 is 0. The van der Waals surface area contributed by atoms with Gasteiger partial charge in [-0.2, -0.15) is 0 Å². The number of nitro groups is 1. The number of likely N-dealkylation sites (N-methyl/N-ethyl adjacent to an activating group) is 1. The normalized spacial score (nSPS) is 16.6. The first kappa shape index (κ1) is 21.7. The zero-order valence-electron chi connectivity index (χ0n) is 17.4. The van der Waals surface area contributed by atoms with Gasteiger partial charge in [0, 0.05) is 44.2 Å². The van der Waals surface area contributed by atoms with Gasteiger partial charge in [0.05, 0.1) is 17.7 Å². The van der Waals surface area contributed by atoms with E-state index < -0.39 is 4.92 Å². The maximum atomic E-state index is 12.4. The number of hydrogen-bond donors (Lipinski definition) is 1. The summed E-state index contributed by atoms with van der Waals surface area (Å²) in [5.41, 5.74) is 1.53. The summed E-state index contributed by atoms with van der Waals surface area (Å²) in [6.45, 7) is 3.44. The third kappa shape index (κ3) is 5.77. The highest BCUT2D eigenvalue weighted by Gasteiger charge is 2.26. The number of nitrogens with one attached hydrogen (secondary N) is 1. The molecule has 2 aromatic rings. The number of carbonyl (C=O) groups excluding carboxylic acids is 1. The molecular weight excluding hydrogens is 384 g/mol. The van der Waals surface area contributed by atoms with Crippen molar-refractivity contribution in [3.05, 3.63) is 64.2 Å². The molecule has 1 aliphatic heterocycles. The molecule has 2 aromatic carbocycles. The van der Waals surface area contributed by atoms with Crippen molar-refractivity contribution in [1.82, 2.24) is 9.80 Å². The third-order valence-electron chi connectivity index (χ3n) is 5.47. The second-order valence-corrected chi connectivity index (χ2v) is 7.58. The molecule has 1 saturated heterocycles. The third-order valence-corrected chi connectivity index (χ3v) is 5.47. The molecule has 0 saturated carbocycles. The standard InChI is InChI=1S/C22H28N4O4/c1-24(15-17-6-4-3-5-7-17)19-10-12-25(16-19)13-11-22(27)23-20-14-18(26(28)29)8-9-21(20)30-2/h3-9,14,19H,10-13,15-16H2,1-2H3,(H,23,27). The van der Waals surface area contributed by atoms with E-state index in [1.807, 2.05) is 6.07 Å². The maximum Gasteiger partial charge on any atom is 0.271 e. The largest absolute Gasteiger partial charge is 0.495 e. The average molecular weight is 412 g/mol. The predicted octanol–water partition coefficient (Wildman–Crippen LogP) is 3.14. The molecule has 1 atom stereocenters. The summed E-state index contributed by atoms with van der Waals surface area (Å²) in [4.78, 5) is 27.5. The van der Waals surface area contributed by atoms with E-state index in [2.05, 4.69) is 46.4 Å². The van der Waals surface area contributed by atoms with Gasteiger partial charge in [-0.25, -0.2) is 0 Å². The lowest BCUT2D eigenvalue weighted by Crippen LogP contribution is -2.34. The average Bonchev–Trinajstić information content (AvgIpc) is 3.22. The molecule has 0 bridgehead atoms. The minimum Gasteiger partial charge on any atom is -0.495 e. The SMILES string of the molecule is COc1ccc([N+](=O)[O-])cc1NC(=O)CCN1CCC(N(C)Cc2ccccc2)C1. The lowest BCUT2D eigenvalue weighted by Gasteiger charge is -2.24. The molecule has 8 heteroatoms. The van der Waals surface area contributed by atoms with E-state index in [0.717, 1.165) is 26.1 Å². The highest BCUT2D eigenvalue weighted by Crippen LogP contribution is 2.29. The van der Waals surface area contributed by atoms with E-state index in [0.29, 0.717) is 30.4 Å². The van der Waals surface area contributed by atoms with Crippen LogP contribution in [0.1, 0.15) is 18.4 Å². The van der Waals surface area contributed by atoms with Crippen molar-refractivity contribution in [2.24, 2.45) is 0 Å². The van der Waals surface area contributed by atoms with Gasteiger partial charge >= 0.3 is 0 Å². The number of nitro benzene ring substituents is 1. The first-order valence-electron chi connectivity index (χ1n) is 10.0. The van der Waals surface area contributed by atoms with E-state index in [1.165, 1.54) is 30.9 Å². The number of likely N-dealkylation sites (tertiary alicyclic amines) is 1. The van der Waals surface area contributed by atoms with Crippen LogP contribution >= 0.6 is 0 Å². The lowest BCUT2D eigenvalue weighted by molar-refractivity contribution is -0.384. The van der Waals surface area contributed by atoms with Gasteiger partial charge in [-0.3, -0.25) is 19.8 Å². The Morgan fingerprint density at radius 1 is 1.30 bits per heavy atom. The van der Waals surface area contributed by atoms with Gasteiger partial charge in [-0.1, -0.05) is 30.3 Å². The van der Waals surface area contributed by atoms with Gasteiger partial charge in [0.25, 0.3) is 5.69 Å². The Kier molecular flexibility index (Phi) is 7.37. The first-order valence-corrected chi connectivity index (χ1v) is 10.0. The van der Waals surface area contributed by atoms with E-state index in [9.17, 15) is 14.9 Å². The zero-order valence-corrected chi connectivity index (χ0v) is 17.4. The number of benzene rings is 2. The fraction of sp³-hybridized carbons (Fsp3) is 0.409. The number of rotatable bonds is 9. The van der Waals surface area contributed by atoms with Gasteiger partial charge in [-0.15, -0.1) is 0 Å². The van der Waals surface area contributed by atoms with E-state index >= 15 is 0 Å². The Balaban J connectivity index is 1.48. The Labute approximate surface area is 176 Å². The summed E-state index contributed by atoms with van der Waals surface area (Å²) in [7, 11) is 3.61. The van der Waals surface area contributed by atoms with Crippen molar-refractivity contribution in [2.45, 2.75) is 25.4 Å². The van der Waals surface area contributed by atoms with Crippen molar-refractivity contribution in [3.8, 4) is 5.75 Å². The summed E-state index contributed by atoms with van der Waals surface area (Å²) < 4.78 is 5.19. The summed E-state index contributed by atoms with van der Waals surface area (Å²) in [6, 6.07) is 15.0. The smallest absolute Gasteiger partial charge is 0.271 e. The van der Waals surface area contributed by atoms with Gasteiger partial charge in [-0.05, 0) is 31.6 Å². The number of methoxy groups -OCH3 is 1. The molecule has 30 heavy (non-hydrogen) atoms. The van der Waals surface area contributed by atoms with Crippen LogP contribution in [0, 0.1) is 10.1 Å². The number of anilines is 1. The summed E-state index contributed by atoms with van der Waals surface area (Å²) in [5.74, 6) is 0.215. The zero-order chi connectivity index (χ0) is 21.5. The molecule has 8 nitrogen and oxygen atoms in total. The van der Waals surface area contributed by atoms with E-state index in [-0.39, 0.29) is 11.6 Å². The van der Waals surface area contributed by atoms with Crippen LogP contribution in [0.5, 0.6) is 5.75 Å². The van der Waals surface area contributed by atoms with Crippen molar-refractivity contribution in [2.75, 3.05) is 39.1 Å². The lowest BCUT2D eigenvalue weighted by atomic mass is 10.1. The van der Waals surface area contributed by atoms with Crippen LogP contribution < -0.4 is 10.1 Å². The molecule has 0 spiro atoms. The van der Waals surface area contributed by atoms with Gasteiger partial charge in [0.1, 0.15) is 5.75 Å². The number of carbonyl (C=O) groups is 1. The van der Waals surface area contributed by atoms with Crippen molar-refractivity contribution >= 4 is 17.3 Å². The fourth-order valence-corrected chi connectivity index (χ4v) is 3.76. The molecule has 1 aliphatic rings. The Morgan fingerprint density at radius 2 is 2.07 bits per heavy atom. The Morgan fingerprint density at radius 3 is 2.77 bits per heavy atom. The van der Waals surface area contributed by atoms with Crippen molar-refractivity contribution in [3.63, 3.8) is 0 Å². The molecule has 0 aromatic heterocycles. The van der Waals surface area contributed by atoms with Gasteiger partial charge in [0.2, 0.25) is 5.91 Å². The second-order valence-electron chi connectivity index (χ2n) is 7.58. The Hall–Kier alpha value is -2.97. The molecule has 1 unspecified atom stereocenters. The highest BCUT2D eigenvalue weighted by molar-refractivity contribution is 5.92. The summed E-state index contributed by atoms with van der Waals surface area (Å²) in [5, 5.41) is 13.7. The van der Waals surface area contributed by atoms with Crippen LogP contribution in [-0.2, 0) is 11.3 Å². The van der Waals surface area contributed by atoms with Crippen molar-refractivity contribution < 1.29 is 14.5 Å². The number of non-ortho nitro benzene ring substituents is 1. The second kappa shape index (κ2) is 10.2. The molecule has 160 valence electrons. The number of amides is 1. The molecule has 1 heterocycles. The fourth-order valence-electron chi connectivity index (χ4n) is 3.76. The number of hydrogen-bond acceptors (Lipinski definition) is 6. The maximum absolute atomic E-state index is 12.4. The van der Waals surface area contributed by atoms with E-state index in [1.54, 1.807) is 0 Å². The minimum atomic E-state index is -0.495. The molecule has 3 rings (SSSR count). The van der Waals surface area contributed by atoms with Gasteiger partial charge in [0.15, 0.2) is 0 Å². The molecule has 1 amide bonds. The Bertz CT molecular complexity index is 875. The molecule has 1 N–H and O–H groups in total. The van der Waals surface area contributed by atoms with E-state index in [4.69, 9.17) is 4.74 Å². The van der Waals surface area contributed by atoms with Crippen LogP contribution in [0.2, 0.25) is 0 Å². The topological polar surface area (TPSA) is 87.9 Å². The minimum absolute atomic E-state index is 0.0880. The van der Waals surface area contributed by atoms with Crippen LogP contribution in [-0.4, -0.2) is 60.5 Å². The predicted molar refractivity (Wildman–Crippen MR) is 116 cm³/mol. The number of nitrogens with zero attached hydrogens (tertiary/aromatic N) is 3. The van der Waals surface area contributed by atoms with Crippen LogP contribution in [0.25, 0.3) is 0 Å². The van der Waals surface area contributed by atoms with Crippen LogP contribution in [0.15, 0.2) is 48.5 Å². The molecule has 1 fully saturated rings. The monoisotopic (exact) mass is 412 g/mol. The van der Waals surface area contributed by atoms with Crippen LogP contribution in [0.3, 0.4) is 0 Å². The van der Waals surface area contributed by atoms with Crippen molar-refractivity contribution in [1.29, 1.82) is 0 Å².